The molecular formula is C21H29IN4O2. The van der Waals surface area contributed by atoms with E-state index in [-0.39, 0.29) is 24.0 Å². The van der Waals surface area contributed by atoms with Gasteiger partial charge < -0.3 is 25.0 Å². The van der Waals surface area contributed by atoms with Gasteiger partial charge in [-0.1, -0.05) is 24.3 Å². The molecule has 7 heteroatoms. The maximum absolute atomic E-state index is 10.1. The van der Waals surface area contributed by atoms with Crippen molar-refractivity contribution in [3.8, 4) is 11.5 Å². The second-order valence-corrected chi connectivity index (χ2v) is 6.48. The molecule has 1 saturated heterocycles. The van der Waals surface area contributed by atoms with E-state index in [4.69, 9.17) is 9.73 Å². The molecule has 0 amide bonds. The molecule has 1 aliphatic heterocycles. The molecule has 1 fully saturated rings. The molecule has 0 saturated carbocycles. The van der Waals surface area contributed by atoms with Gasteiger partial charge in [-0.25, -0.2) is 4.99 Å². The Morgan fingerprint density at radius 1 is 1.07 bits per heavy atom. The lowest BCUT2D eigenvalue weighted by Gasteiger charge is -2.37. The van der Waals surface area contributed by atoms with Crippen molar-refractivity contribution in [3.05, 3.63) is 54.1 Å². The number of phenols is 1. The van der Waals surface area contributed by atoms with E-state index in [1.807, 2.05) is 42.5 Å². The number of halogens is 1. The molecule has 0 radical (unpaired) electrons. The smallest absolute Gasteiger partial charge is 0.194 e. The summed E-state index contributed by atoms with van der Waals surface area (Å²) in [6, 6.07) is 15.5. The molecule has 2 N–H and O–H groups in total. The standard InChI is InChI=1S/C21H28N4O2.HI/c1-3-22-21(23-16-17-8-10-18(27-2)11-9-17)25-14-12-24(13-15-25)19-6-4-5-7-20(19)26;/h4-11,26H,3,12-16H2,1-2H3,(H,22,23);1H. The highest BCUT2D eigenvalue weighted by atomic mass is 127. The summed E-state index contributed by atoms with van der Waals surface area (Å²) in [4.78, 5) is 9.30. The molecule has 6 nitrogen and oxygen atoms in total. The summed E-state index contributed by atoms with van der Waals surface area (Å²) in [5.74, 6) is 2.13. The van der Waals surface area contributed by atoms with E-state index in [0.717, 1.165) is 55.7 Å². The van der Waals surface area contributed by atoms with E-state index in [0.29, 0.717) is 12.3 Å². The minimum absolute atomic E-state index is 0. The van der Waals surface area contributed by atoms with Crippen molar-refractivity contribution in [2.75, 3.05) is 44.7 Å². The lowest BCUT2D eigenvalue weighted by molar-refractivity contribution is 0.369. The molecule has 0 aromatic heterocycles. The highest BCUT2D eigenvalue weighted by molar-refractivity contribution is 14.0. The summed E-state index contributed by atoms with van der Waals surface area (Å²) in [6.07, 6.45) is 0. The molecule has 0 bridgehead atoms. The fourth-order valence-corrected chi connectivity index (χ4v) is 3.21. The molecule has 1 aliphatic rings. The maximum Gasteiger partial charge on any atom is 0.194 e. The Bertz CT molecular complexity index is 759. The van der Waals surface area contributed by atoms with Gasteiger partial charge in [0.2, 0.25) is 0 Å². The number of ether oxygens (including phenoxy) is 1. The molecule has 152 valence electrons. The predicted molar refractivity (Wildman–Crippen MR) is 125 cm³/mol. The Morgan fingerprint density at radius 3 is 2.36 bits per heavy atom. The first-order chi connectivity index (χ1) is 13.2. The number of para-hydroxylation sites is 2. The highest BCUT2D eigenvalue weighted by Gasteiger charge is 2.21. The van der Waals surface area contributed by atoms with Crippen LogP contribution in [0.4, 0.5) is 5.69 Å². The van der Waals surface area contributed by atoms with Gasteiger partial charge in [0, 0.05) is 32.7 Å². The van der Waals surface area contributed by atoms with E-state index in [2.05, 4.69) is 22.0 Å². The Morgan fingerprint density at radius 2 is 1.75 bits per heavy atom. The van der Waals surface area contributed by atoms with Crippen LogP contribution in [0.15, 0.2) is 53.5 Å². The third-order valence-electron chi connectivity index (χ3n) is 4.71. The largest absolute Gasteiger partial charge is 0.506 e. The van der Waals surface area contributed by atoms with Crippen LogP contribution in [0.25, 0.3) is 0 Å². The molecule has 0 spiro atoms. The summed E-state index contributed by atoms with van der Waals surface area (Å²) < 4.78 is 5.20. The Labute approximate surface area is 184 Å². The van der Waals surface area contributed by atoms with Gasteiger partial charge in [-0.2, -0.15) is 0 Å². The van der Waals surface area contributed by atoms with Gasteiger partial charge in [0.25, 0.3) is 0 Å². The van der Waals surface area contributed by atoms with Crippen LogP contribution in [0.2, 0.25) is 0 Å². The quantitative estimate of drug-likeness (QED) is 0.378. The first-order valence-electron chi connectivity index (χ1n) is 9.40. The molecule has 2 aromatic carbocycles. The van der Waals surface area contributed by atoms with Crippen molar-refractivity contribution in [1.29, 1.82) is 0 Å². The number of benzene rings is 2. The number of hydrogen-bond acceptors (Lipinski definition) is 4. The first-order valence-corrected chi connectivity index (χ1v) is 9.40. The lowest BCUT2D eigenvalue weighted by atomic mass is 10.2. The molecule has 1 heterocycles. The van der Waals surface area contributed by atoms with Crippen LogP contribution in [0.3, 0.4) is 0 Å². The lowest BCUT2D eigenvalue weighted by Crippen LogP contribution is -2.52. The molecule has 2 aromatic rings. The monoisotopic (exact) mass is 496 g/mol. The fourth-order valence-electron chi connectivity index (χ4n) is 3.21. The van der Waals surface area contributed by atoms with Gasteiger partial charge in [-0.05, 0) is 36.8 Å². The maximum atomic E-state index is 10.1. The first kappa shape index (κ1) is 22.1. The number of hydrogen-bond donors (Lipinski definition) is 2. The van der Waals surface area contributed by atoms with Crippen LogP contribution < -0.4 is 15.0 Å². The van der Waals surface area contributed by atoms with Crippen molar-refractivity contribution in [3.63, 3.8) is 0 Å². The van der Waals surface area contributed by atoms with E-state index in [9.17, 15) is 5.11 Å². The third-order valence-corrected chi connectivity index (χ3v) is 4.71. The summed E-state index contributed by atoms with van der Waals surface area (Å²) in [5, 5.41) is 13.5. The number of methoxy groups -OCH3 is 1. The van der Waals surface area contributed by atoms with Gasteiger partial charge in [0.1, 0.15) is 11.5 Å². The zero-order valence-electron chi connectivity index (χ0n) is 16.5. The Balaban J connectivity index is 0.00000280. The number of piperazine rings is 1. The van der Waals surface area contributed by atoms with E-state index >= 15 is 0 Å². The summed E-state index contributed by atoms with van der Waals surface area (Å²) in [5.41, 5.74) is 2.05. The number of nitrogens with one attached hydrogen (secondary N) is 1. The van der Waals surface area contributed by atoms with Crippen LogP contribution in [0.1, 0.15) is 12.5 Å². The average Bonchev–Trinajstić information content (AvgIpc) is 2.72. The number of guanidine groups is 1. The number of rotatable bonds is 5. The SMILES string of the molecule is CCNC(=NCc1ccc(OC)cc1)N1CCN(c2ccccc2O)CC1.I. The Kier molecular flexibility index (Phi) is 8.69. The van der Waals surface area contributed by atoms with Gasteiger partial charge >= 0.3 is 0 Å². The van der Waals surface area contributed by atoms with E-state index < -0.39 is 0 Å². The minimum Gasteiger partial charge on any atom is -0.506 e. The summed E-state index contributed by atoms with van der Waals surface area (Å²) in [6.45, 7) is 6.98. The fraction of sp³-hybridized carbons (Fsp3) is 0.381. The minimum atomic E-state index is 0. The van der Waals surface area contributed by atoms with Crippen LogP contribution in [-0.4, -0.2) is 55.8 Å². The molecule has 0 aliphatic carbocycles. The number of aromatic hydroxyl groups is 1. The van der Waals surface area contributed by atoms with Gasteiger partial charge in [-0.3, -0.25) is 0 Å². The second-order valence-electron chi connectivity index (χ2n) is 6.48. The van der Waals surface area contributed by atoms with Crippen molar-refractivity contribution < 1.29 is 9.84 Å². The van der Waals surface area contributed by atoms with Gasteiger partial charge in [0.15, 0.2) is 5.96 Å². The van der Waals surface area contributed by atoms with Crippen molar-refractivity contribution in [2.45, 2.75) is 13.5 Å². The number of aliphatic imine (C=N–C) groups is 1. The van der Waals surface area contributed by atoms with Gasteiger partial charge in [-0.15, -0.1) is 24.0 Å². The highest BCUT2D eigenvalue weighted by Crippen LogP contribution is 2.27. The molecule has 3 rings (SSSR count). The van der Waals surface area contributed by atoms with Gasteiger partial charge in [0.05, 0.1) is 19.3 Å². The zero-order chi connectivity index (χ0) is 19.1. The molecule has 28 heavy (non-hydrogen) atoms. The van der Waals surface area contributed by atoms with E-state index in [1.54, 1.807) is 13.2 Å². The van der Waals surface area contributed by atoms with Crippen molar-refractivity contribution in [1.82, 2.24) is 10.2 Å². The normalized spacial score (nSPS) is 14.4. The van der Waals surface area contributed by atoms with Crippen LogP contribution in [0, 0.1) is 0 Å². The zero-order valence-corrected chi connectivity index (χ0v) is 18.8. The number of nitrogens with zero attached hydrogens (tertiary/aromatic N) is 3. The predicted octanol–water partition coefficient (Wildman–Crippen LogP) is 3.31. The average molecular weight is 496 g/mol. The van der Waals surface area contributed by atoms with Crippen LogP contribution in [-0.2, 0) is 6.54 Å². The summed E-state index contributed by atoms with van der Waals surface area (Å²) in [7, 11) is 1.67. The van der Waals surface area contributed by atoms with E-state index in [1.165, 1.54) is 0 Å². The van der Waals surface area contributed by atoms with Crippen LogP contribution in [0.5, 0.6) is 11.5 Å². The Hall–Kier alpha value is -2.16. The number of anilines is 1. The molecule has 0 atom stereocenters. The number of phenolic OH excluding ortho intramolecular Hbond substituents is 1. The van der Waals surface area contributed by atoms with Crippen LogP contribution >= 0.6 is 24.0 Å². The summed E-state index contributed by atoms with van der Waals surface area (Å²) >= 11 is 0. The third kappa shape index (κ3) is 5.67. The molecule has 0 unspecified atom stereocenters. The van der Waals surface area contributed by atoms with Crippen molar-refractivity contribution >= 4 is 35.6 Å². The topological polar surface area (TPSA) is 60.3 Å². The van der Waals surface area contributed by atoms with Crippen molar-refractivity contribution in [2.24, 2.45) is 4.99 Å². The molecular weight excluding hydrogens is 467 g/mol. The second kappa shape index (κ2) is 11.0.